The SMILES string of the molecule is NCc1c(F)cccc1S(=O)(=O)N1CCc2ccccc21. The zero-order chi connectivity index (χ0) is 15.0. The Morgan fingerprint density at radius 3 is 2.67 bits per heavy atom. The Labute approximate surface area is 123 Å². The van der Waals surface area contributed by atoms with Crippen molar-refractivity contribution in [3.05, 3.63) is 59.4 Å². The predicted molar refractivity (Wildman–Crippen MR) is 79.0 cm³/mol. The van der Waals surface area contributed by atoms with E-state index in [-0.39, 0.29) is 17.0 Å². The highest BCUT2D eigenvalue weighted by atomic mass is 32.2. The van der Waals surface area contributed by atoms with Crippen LogP contribution < -0.4 is 10.0 Å². The second-order valence-electron chi connectivity index (χ2n) is 4.88. The van der Waals surface area contributed by atoms with E-state index in [1.165, 1.54) is 22.5 Å². The van der Waals surface area contributed by atoms with E-state index >= 15 is 0 Å². The van der Waals surface area contributed by atoms with Crippen LogP contribution in [0.1, 0.15) is 11.1 Å². The number of fused-ring (bicyclic) bond motifs is 1. The normalized spacial score (nSPS) is 14.3. The number of nitrogens with two attached hydrogens (primary N) is 1. The molecule has 0 radical (unpaired) electrons. The monoisotopic (exact) mass is 306 g/mol. The zero-order valence-corrected chi connectivity index (χ0v) is 12.1. The molecule has 0 fully saturated rings. The highest BCUT2D eigenvalue weighted by Gasteiger charge is 2.32. The van der Waals surface area contributed by atoms with Gasteiger partial charge < -0.3 is 5.73 Å². The number of benzene rings is 2. The Kier molecular flexibility index (Phi) is 3.43. The second-order valence-corrected chi connectivity index (χ2v) is 6.71. The summed E-state index contributed by atoms with van der Waals surface area (Å²) in [4.78, 5) is -0.0540. The highest BCUT2D eigenvalue weighted by Crippen LogP contribution is 2.33. The highest BCUT2D eigenvalue weighted by molar-refractivity contribution is 7.93. The van der Waals surface area contributed by atoms with Gasteiger partial charge in [-0.2, -0.15) is 0 Å². The number of para-hydroxylation sites is 1. The third kappa shape index (κ3) is 2.20. The maximum atomic E-state index is 13.8. The van der Waals surface area contributed by atoms with E-state index in [9.17, 15) is 12.8 Å². The number of halogens is 1. The molecule has 110 valence electrons. The molecule has 0 bridgehead atoms. The first-order valence-electron chi connectivity index (χ1n) is 6.64. The molecule has 3 rings (SSSR count). The molecule has 6 heteroatoms. The molecule has 0 atom stereocenters. The maximum absolute atomic E-state index is 13.8. The molecular formula is C15H15FN2O2S. The van der Waals surface area contributed by atoms with Crippen LogP contribution in [-0.2, 0) is 23.0 Å². The molecule has 2 N–H and O–H groups in total. The van der Waals surface area contributed by atoms with Crippen molar-refractivity contribution >= 4 is 15.7 Å². The summed E-state index contributed by atoms with van der Waals surface area (Å²) >= 11 is 0. The smallest absolute Gasteiger partial charge is 0.264 e. The summed E-state index contributed by atoms with van der Waals surface area (Å²) in [5.41, 5.74) is 7.18. The topological polar surface area (TPSA) is 63.4 Å². The van der Waals surface area contributed by atoms with Crippen LogP contribution in [0.15, 0.2) is 47.4 Å². The lowest BCUT2D eigenvalue weighted by Crippen LogP contribution is -2.30. The molecule has 0 spiro atoms. The molecule has 0 aromatic heterocycles. The Morgan fingerprint density at radius 1 is 1.14 bits per heavy atom. The molecule has 1 heterocycles. The number of hydrogen-bond donors (Lipinski definition) is 1. The van der Waals surface area contributed by atoms with E-state index < -0.39 is 15.8 Å². The Balaban J connectivity index is 2.13. The van der Waals surface area contributed by atoms with E-state index in [2.05, 4.69) is 0 Å². The molecule has 0 unspecified atom stereocenters. The van der Waals surface area contributed by atoms with Crippen LogP contribution in [0.25, 0.3) is 0 Å². The van der Waals surface area contributed by atoms with E-state index in [4.69, 9.17) is 5.73 Å². The molecule has 0 saturated carbocycles. The summed E-state index contributed by atoms with van der Waals surface area (Å²) < 4.78 is 40.8. The van der Waals surface area contributed by atoms with Crippen molar-refractivity contribution in [2.45, 2.75) is 17.9 Å². The number of rotatable bonds is 3. The lowest BCUT2D eigenvalue weighted by Gasteiger charge is -2.21. The van der Waals surface area contributed by atoms with Crippen LogP contribution in [-0.4, -0.2) is 15.0 Å². The van der Waals surface area contributed by atoms with Crippen LogP contribution in [0, 0.1) is 5.82 Å². The largest absolute Gasteiger partial charge is 0.326 e. The fraction of sp³-hybridized carbons (Fsp3) is 0.200. The van der Waals surface area contributed by atoms with E-state index in [0.717, 1.165) is 5.56 Å². The molecular weight excluding hydrogens is 291 g/mol. The van der Waals surface area contributed by atoms with Crippen molar-refractivity contribution in [3.8, 4) is 0 Å². The van der Waals surface area contributed by atoms with Gasteiger partial charge >= 0.3 is 0 Å². The first-order chi connectivity index (χ1) is 10.1. The Bertz CT molecular complexity index is 790. The van der Waals surface area contributed by atoms with Gasteiger partial charge in [0.15, 0.2) is 0 Å². The second kappa shape index (κ2) is 5.13. The van der Waals surface area contributed by atoms with Gasteiger partial charge in [0.25, 0.3) is 10.0 Å². The summed E-state index contributed by atoms with van der Waals surface area (Å²) in [7, 11) is -3.80. The van der Waals surface area contributed by atoms with E-state index in [1.807, 2.05) is 12.1 Å². The zero-order valence-electron chi connectivity index (χ0n) is 11.3. The van der Waals surface area contributed by atoms with Crippen molar-refractivity contribution in [3.63, 3.8) is 0 Å². The number of sulfonamides is 1. The fourth-order valence-electron chi connectivity index (χ4n) is 2.65. The third-order valence-corrected chi connectivity index (χ3v) is 5.59. The predicted octanol–water partition coefficient (Wildman–Crippen LogP) is 2.04. The lowest BCUT2D eigenvalue weighted by molar-refractivity contribution is 0.579. The van der Waals surface area contributed by atoms with Crippen LogP contribution in [0.2, 0.25) is 0 Å². The van der Waals surface area contributed by atoms with E-state index in [1.54, 1.807) is 12.1 Å². The van der Waals surface area contributed by atoms with Crippen LogP contribution in [0.4, 0.5) is 10.1 Å². The van der Waals surface area contributed by atoms with Crippen molar-refractivity contribution in [1.82, 2.24) is 0 Å². The molecule has 0 amide bonds. The average molecular weight is 306 g/mol. The van der Waals surface area contributed by atoms with Crippen molar-refractivity contribution in [2.75, 3.05) is 10.8 Å². The minimum atomic E-state index is -3.80. The molecule has 0 saturated heterocycles. The summed E-state index contributed by atoms with van der Waals surface area (Å²) in [6.45, 7) is 0.207. The average Bonchev–Trinajstić information content (AvgIpc) is 2.91. The van der Waals surface area contributed by atoms with Crippen LogP contribution in [0.5, 0.6) is 0 Å². The van der Waals surface area contributed by atoms with Crippen molar-refractivity contribution in [2.24, 2.45) is 5.73 Å². The molecule has 21 heavy (non-hydrogen) atoms. The van der Waals surface area contributed by atoms with Gasteiger partial charge in [-0.1, -0.05) is 24.3 Å². The minimum absolute atomic E-state index is 0.0295. The molecule has 0 aliphatic carbocycles. The minimum Gasteiger partial charge on any atom is -0.326 e. The quantitative estimate of drug-likeness (QED) is 0.944. The molecule has 1 aliphatic heterocycles. The van der Waals surface area contributed by atoms with Crippen LogP contribution >= 0.6 is 0 Å². The standard InChI is InChI=1S/C15H15FN2O2S/c16-13-5-3-7-15(12(13)10-17)21(19,20)18-9-8-11-4-1-2-6-14(11)18/h1-7H,8-10,17H2. The van der Waals surface area contributed by atoms with Gasteiger partial charge in [-0.25, -0.2) is 12.8 Å². The summed E-state index contributed by atoms with van der Waals surface area (Å²) in [6, 6.07) is 11.4. The number of nitrogens with zero attached hydrogens (tertiary/aromatic N) is 1. The molecule has 1 aliphatic rings. The number of hydrogen-bond acceptors (Lipinski definition) is 3. The van der Waals surface area contributed by atoms with Gasteiger partial charge in [-0.3, -0.25) is 4.31 Å². The maximum Gasteiger partial charge on any atom is 0.264 e. The van der Waals surface area contributed by atoms with Gasteiger partial charge in [0.05, 0.1) is 10.6 Å². The molecule has 2 aromatic carbocycles. The van der Waals surface area contributed by atoms with E-state index in [0.29, 0.717) is 18.7 Å². The molecule has 4 nitrogen and oxygen atoms in total. The summed E-state index contributed by atoms with van der Waals surface area (Å²) in [6.07, 6.45) is 0.655. The first kappa shape index (κ1) is 14.0. The first-order valence-corrected chi connectivity index (χ1v) is 8.08. The number of anilines is 1. The summed E-state index contributed by atoms with van der Waals surface area (Å²) in [5, 5.41) is 0. The van der Waals surface area contributed by atoms with Crippen LogP contribution in [0.3, 0.4) is 0 Å². The van der Waals surface area contributed by atoms with Gasteiger partial charge in [-0.05, 0) is 30.2 Å². The van der Waals surface area contributed by atoms with Crippen molar-refractivity contribution in [1.29, 1.82) is 0 Å². The third-order valence-electron chi connectivity index (χ3n) is 3.69. The van der Waals surface area contributed by atoms with Gasteiger partial charge in [0, 0.05) is 18.7 Å². The van der Waals surface area contributed by atoms with Gasteiger partial charge in [0.1, 0.15) is 5.82 Å². The molecule has 2 aromatic rings. The summed E-state index contributed by atoms with van der Waals surface area (Å²) in [5.74, 6) is -0.592. The Hall–Kier alpha value is -1.92. The van der Waals surface area contributed by atoms with Gasteiger partial charge in [-0.15, -0.1) is 0 Å². The lowest BCUT2D eigenvalue weighted by atomic mass is 10.2. The Morgan fingerprint density at radius 2 is 1.90 bits per heavy atom. The van der Waals surface area contributed by atoms with Crippen molar-refractivity contribution < 1.29 is 12.8 Å². The fourth-order valence-corrected chi connectivity index (χ4v) is 4.40. The van der Waals surface area contributed by atoms with Gasteiger partial charge in [0.2, 0.25) is 0 Å².